The van der Waals surface area contributed by atoms with Crippen molar-refractivity contribution in [3.05, 3.63) is 12.2 Å². The average Bonchev–Trinajstić information content (AvgIpc) is 2.33. The Morgan fingerprint density at radius 1 is 1.64 bits per heavy atom. The van der Waals surface area contributed by atoms with Gasteiger partial charge in [0.1, 0.15) is 0 Å². The molecule has 64 valence electrons. The Balaban J connectivity index is 2.53. The predicted octanol–water partition coefficient (Wildman–Crippen LogP) is 1.86. The molecule has 2 atom stereocenters. The fourth-order valence-electron chi connectivity index (χ4n) is 1.43. The average molecular weight is 171 g/mol. The van der Waals surface area contributed by atoms with Gasteiger partial charge in [0.2, 0.25) is 0 Å². The molecule has 11 heavy (non-hydrogen) atoms. The normalized spacial score (nSPS) is 31.3. The Labute approximate surface area is 74.7 Å². The van der Waals surface area contributed by atoms with Gasteiger partial charge >= 0.3 is 0 Å². The lowest BCUT2D eigenvalue weighted by atomic mass is 9.96. The van der Waals surface area contributed by atoms with Gasteiger partial charge in [0.15, 0.2) is 0 Å². The summed E-state index contributed by atoms with van der Waals surface area (Å²) in [5.74, 6) is 0.570. The molecule has 1 saturated heterocycles. The molecule has 1 rings (SSSR count). The van der Waals surface area contributed by atoms with Crippen molar-refractivity contribution in [1.82, 2.24) is 5.32 Å². The van der Waals surface area contributed by atoms with Crippen molar-refractivity contribution >= 4 is 12.6 Å². The number of hydrogen-bond acceptors (Lipinski definition) is 2. The Morgan fingerprint density at radius 2 is 2.27 bits per heavy atom. The van der Waals surface area contributed by atoms with Gasteiger partial charge in [-0.2, -0.15) is 12.6 Å². The number of nitrogens with one attached hydrogen (secondary N) is 1. The Kier molecular flexibility index (Phi) is 3.02. The molecule has 1 fully saturated rings. The first kappa shape index (κ1) is 9.14. The minimum Gasteiger partial charge on any atom is -0.309 e. The summed E-state index contributed by atoms with van der Waals surface area (Å²) in [6.07, 6.45) is 1.17. The lowest BCUT2D eigenvalue weighted by Gasteiger charge is -2.20. The quantitative estimate of drug-likeness (QED) is 0.477. The van der Waals surface area contributed by atoms with Crippen molar-refractivity contribution in [3.63, 3.8) is 0 Å². The highest BCUT2D eigenvalue weighted by atomic mass is 32.1. The number of thiol groups is 1. The van der Waals surface area contributed by atoms with Crippen LogP contribution in [0, 0.1) is 5.92 Å². The standard InChI is InChI=1S/C9H17NS/c1-6(2)7(3)9-8(11)4-5-10-9/h6,8-11H,3-5H2,1-2H3. The number of rotatable bonds is 2. The molecule has 0 amide bonds. The lowest BCUT2D eigenvalue weighted by Crippen LogP contribution is -2.31. The zero-order chi connectivity index (χ0) is 8.43. The Bertz CT molecular complexity index is 154. The van der Waals surface area contributed by atoms with Crippen molar-refractivity contribution in [2.24, 2.45) is 5.92 Å². The summed E-state index contributed by atoms with van der Waals surface area (Å²) in [6.45, 7) is 9.53. The van der Waals surface area contributed by atoms with Crippen LogP contribution in [0.25, 0.3) is 0 Å². The third-order valence-corrected chi connectivity index (χ3v) is 2.89. The minimum absolute atomic E-state index is 0.443. The van der Waals surface area contributed by atoms with Gasteiger partial charge in [-0.25, -0.2) is 0 Å². The summed E-state index contributed by atoms with van der Waals surface area (Å²) in [7, 11) is 0. The molecule has 0 aromatic rings. The SMILES string of the molecule is C=C(C(C)C)C1NCCC1S. The van der Waals surface area contributed by atoms with E-state index in [4.69, 9.17) is 0 Å². The Morgan fingerprint density at radius 3 is 2.64 bits per heavy atom. The first-order valence-corrected chi connectivity index (χ1v) is 4.74. The highest BCUT2D eigenvalue weighted by Gasteiger charge is 2.26. The minimum atomic E-state index is 0.443. The third kappa shape index (κ3) is 2.00. The summed E-state index contributed by atoms with van der Waals surface area (Å²) < 4.78 is 0. The van der Waals surface area contributed by atoms with Crippen molar-refractivity contribution in [2.45, 2.75) is 31.6 Å². The van der Waals surface area contributed by atoms with Crippen molar-refractivity contribution in [1.29, 1.82) is 0 Å². The van der Waals surface area contributed by atoms with E-state index < -0.39 is 0 Å². The molecular weight excluding hydrogens is 154 g/mol. The highest BCUT2D eigenvalue weighted by molar-refractivity contribution is 7.81. The van der Waals surface area contributed by atoms with E-state index in [0.29, 0.717) is 17.2 Å². The van der Waals surface area contributed by atoms with E-state index >= 15 is 0 Å². The van der Waals surface area contributed by atoms with Crippen LogP contribution in [-0.4, -0.2) is 17.8 Å². The van der Waals surface area contributed by atoms with Crippen LogP contribution in [0.5, 0.6) is 0 Å². The first-order valence-electron chi connectivity index (χ1n) is 4.23. The molecule has 0 aromatic carbocycles. The second-order valence-corrected chi connectivity index (χ2v) is 4.18. The second-order valence-electron chi connectivity index (χ2n) is 3.52. The molecule has 1 aliphatic heterocycles. The zero-order valence-corrected chi connectivity index (χ0v) is 8.20. The Hall–Kier alpha value is 0.0500. The van der Waals surface area contributed by atoms with Crippen LogP contribution in [-0.2, 0) is 0 Å². The fraction of sp³-hybridized carbons (Fsp3) is 0.778. The van der Waals surface area contributed by atoms with Gasteiger partial charge in [0.05, 0.1) is 0 Å². The fourth-order valence-corrected chi connectivity index (χ4v) is 1.85. The molecule has 0 bridgehead atoms. The molecule has 1 aliphatic rings. The van der Waals surface area contributed by atoms with Gasteiger partial charge in [-0.1, -0.05) is 26.0 Å². The zero-order valence-electron chi connectivity index (χ0n) is 7.30. The van der Waals surface area contributed by atoms with Crippen LogP contribution in [0.2, 0.25) is 0 Å². The molecule has 1 heterocycles. The molecule has 2 unspecified atom stereocenters. The van der Waals surface area contributed by atoms with Gasteiger partial charge in [-0.05, 0) is 18.9 Å². The van der Waals surface area contributed by atoms with Crippen molar-refractivity contribution in [3.8, 4) is 0 Å². The maximum atomic E-state index is 4.50. The molecular formula is C9H17NS. The van der Waals surface area contributed by atoms with Crippen LogP contribution in [0.15, 0.2) is 12.2 Å². The second kappa shape index (κ2) is 3.63. The van der Waals surface area contributed by atoms with Crippen LogP contribution in [0.4, 0.5) is 0 Å². The van der Waals surface area contributed by atoms with Gasteiger partial charge in [-0.3, -0.25) is 0 Å². The summed E-state index contributed by atoms with van der Waals surface area (Å²) >= 11 is 4.50. The first-order chi connectivity index (χ1) is 5.13. The van der Waals surface area contributed by atoms with E-state index in [1.807, 2.05) is 0 Å². The predicted molar refractivity (Wildman–Crippen MR) is 53.2 cm³/mol. The molecule has 0 spiro atoms. The van der Waals surface area contributed by atoms with Crippen molar-refractivity contribution < 1.29 is 0 Å². The molecule has 1 nitrogen and oxygen atoms in total. The maximum absolute atomic E-state index is 4.50. The topological polar surface area (TPSA) is 12.0 Å². The van der Waals surface area contributed by atoms with Crippen LogP contribution >= 0.6 is 12.6 Å². The van der Waals surface area contributed by atoms with Crippen LogP contribution in [0.1, 0.15) is 20.3 Å². The van der Waals surface area contributed by atoms with E-state index in [1.54, 1.807) is 0 Å². The number of hydrogen-bond donors (Lipinski definition) is 2. The molecule has 0 saturated carbocycles. The summed E-state index contributed by atoms with van der Waals surface area (Å²) in [5, 5.41) is 3.89. The lowest BCUT2D eigenvalue weighted by molar-refractivity contribution is 0.609. The summed E-state index contributed by atoms with van der Waals surface area (Å²) in [6, 6.07) is 0.443. The van der Waals surface area contributed by atoms with E-state index in [9.17, 15) is 0 Å². The van der Waals surface area contributed by atoms with Gasteiger partial charge in [0, 0.05) is 11.3 Å². The smallest absolute Gasteiger partial charge is 0.0397 e. The molecule has 0 aliphatic carbocycles. The third-order valence-electron chi connectivity index (χ3n) is 2.33. The molecule has 2 heteroatoms. The molecule has 1 N–H and O–H groups in total. The van der Waals surface area contributed by atoms with Crippen LogP contribution in [0.3, 0.4) is 0 Å². The van der Waals surface area contributed by atoms with E-state index in [0.717, 1.165) is 6.54 Å². The van der Waals surface area contributed by atoms with E-state index in [1.165, 1.54) is 12.0 Å². The maximum Gasteiger partial charge on any atom is 0.0397 e. The largest absolute Gasteiger partial charge is 0.309 e. The monoisotopic (exact) mass is 171 g/mol. The summed E-state index contributed by atoms with van der Waals surface area (Å²) in [5.41, 5.74) is 1.29. The van der Waals surface area contributed by atoms with E-state index in [-0.39, 0.29) is 0 Å². The van der Waals surface area contributed by atoms with Gasteiger partial charge in [0.25, 0.3) is 0 Å². The van der Waals surface area contributed by atoms with Gasteiger partial charge < -0.3 is 5.32 Å². The van der Waals surface area contributed by atoms with Crippen LogP contribution < -0.4 is 5.32 Å². The van der Waals surface area contributed by atoms with Gasteiger partial charge in [-0.15, -0.1) is 0 Å². The van der Waals surface area contributed by atoms with Crippen molar-refractivity contribution in [2.75, 3.05) is 6.54 Å². The molecule has 0 aromatic heterocycles. The summed E-state index contributed by atoms with van der Waals surface area (Å²) in [4.78, 5) is 0. The molecule has 0 radical (unpaired) electrons. The highest BCUT2D eigenvalue weighted by Crippen LogP contribution is 2.23. The van der Waals surface area contributed by atoms with E-state index in [2.05, 4.69) is 38.4 Å².